The summed E-state index contributed by atoms with van der Waals surface area (Å²) in [5.41, 5.74) is 4.69. The van der Waals surface area contributed by atoms with Crippen LogP contribution in [0.4, 0.5) is 17.3 Å². The molecule has 35 heavy (non-hydrogen) atoms. The number of carbonyl (C=O) groups is 1. The largest absolute Gasteiger partial charge is 0.378 e. The number of pyridine rings is 1. The third-order valence-electron chi connectivity index (χ3n) is 6.77. The van der Waals surface area contributed by atoms with Crippen molar-refractivity contribution in [1.29, 1.82) is 0 Å². The molecule has 1 aliphatic carbocycles. The number of hydrogen-bond donors (Lipinski definition) is 2. The first-order valence-electron chi connectivity index (χ1n) is 11.8. The van der Waals surface area contributed by atoms with Crippen LogP contribution in [-0.2, 0) is 9.53 Å². The van der Waals surface area contributed by atoms with Gasteiger partial charge in [0.2, 0.25) is 5.91 Å². The number of amides is 1. The molecule has 3 aliphatic rings. The van der Waals surface area contributed by atoms with E-state index in [0.717, 1.165) is 66.0 Å². The Morgan fingerprint density at radius 2 is 2.03 bits per heavy atom. The monoisotopic (exact) mass is 469 g/mol. The number of aromatic nitrogens is 4. The Morgan fingerprint density at radius 3 is 2.83 bits per heavy atom. The summed E-state index contributed by atoms with van der Waals surface area (Å²) in [5.74, 6) is 1.60. The van der Waals surface area contributed by atoms with Crippen LogP contribution in [0, 0.1) is 5.41 Å². The molecule has 1 fully saturated rings. The molecule has 0 unspecified atom stereocenters. The predicted octanol–water partition coefficient (Wildman–Crippen LogP) is 3.46. The molecule has 9 heteroatoms. The SMILES string of the molecule is CC1(C)C(=O)NC2=C1C=CCC(c1cn3ccnc3c(Nc3ccc(N4CCOCC4)nc3)n1)=C2. The number of nitrogens with zero attached hydrogens (tertiary/aromatic N) is 5. The van der Waals surface area contributed by atoms with E-state index in [-0.39, 0.29) is 5.91 Å². The van der Waals surface area contributed by atoms with Gasteiger partial charge in [-0.05, 0) is 49.6 Å². The van der Waals surface area contributed by atoms with Crippen LogP contribution < -0.4 is 15.5 Å². The van der Waals surface area contributed by atoms with Gasteiger partial charge in [-0.15, -0.1) is 0 Å². The fourth-order valence-corrected chi connectivity index (χ4v) is 4.68. The number of anilines is 3. The van der Waals surface area contributed by atoms with Crippen LogP contribution in [0.25, 0.3) is 11.2 Å². The van der Waals surface area contributed by atoms with Gasteiger partial charge in [0.25, 0.3) is 0 Å². The van der Waals surface area contributed by atoms with Crippen molar-refractivity contribution >= 4 is 34.5 Å². The summed E-state index contributed by atoms with van der Waals surface area (Å²) in [6.07, 6.45) is 14.3. The van der Waals surface area contributed by atoms with Crippen molar-refractivity contribution in [2.24, 2.45) is 5.41 Å². The molecule has 1 amide bonds. The van der Waals surface area contributed by atoms with Gasteiger partial charge >= 0.3 is 0 Å². The van der Waals surface area contributed by atoms with Crippen LogP contribution in [0.3, 0.4) is 0 Å². The fraction of sp³-hybridized carbons (Fsp3) is 0.308. The van der Waals surface area contributed by atoms with E-state index >= 15 is 0 Å². The second kappa shape index (κ2) is 8.35. The summed E-state index contributed by atoms with van der Waals surface area (Å²) < 4.78 is 7.39. The molecule has 0 bridgehead atoms. The van der Waals surface area contributed by atoms with Gasteiger partial charge in [-0.3, -0.25) is 4.79 Å². The standard InChI is InChI=1S/C26H27N7O2/c1-26(2)19-5-3-4-17(14-20(19)31-25(26)34)21-16-33-9-8-27-24(33)23(30-21)29-18-6-7-22(28-15-18)32-10-12-35-13-11-32/h3,5-9,14-16H,4,10-13H2,1-2H3,(H,29,30)(H,31,34). The highest BCUT2D eigenvalue weighted by atomic mass is 16.5. The van der Waals surface area contributed by atoms with Gasteiger partial charge in [0.05, 0.1) is 36.2 Å². The molecule has 0 radical (unpaired) electrons. The van der Waals surface area contributed by atoms with Crippen molar-refractivity contribution in [3.63, 3.8) is 0 Å². The molecule has 2 N–H and O–H groups in total. The number of imidazole rings is 1. The van der Waals surface area contributed by atoms with E-state index in [4.69, 9.17) is 9.72 Å². The molecule has 0 atom stereocenters. The molecule has 3 aromatic heterocycles. The van der Waals surface area contributed by atoms with Gasteiger partial charge in [0.15, 0.2) is 11.5 Å². The second-order valence-electron chi connectivity index (χ2n) is 9.44. The number of rotatable bonds is 4. The number of ether oxygens (including phenoxy) is 1. The lowest BCUT2D eigenvalue weighted by Crippen LogP contribution is -2.36. The van der Waals surface area contributed by atoms with E-state index in [2.05, 4.69) is 31.6 Å². The summed E-state index contributed by atoms with van der Waals surface area (Å²) in [7, 11) is 0. The maximum absolute atomic E-state index is 12.5. The maximum Gasteiger partial charge on any atom is 0.234 e. The van der Waals surface area contributed by atoms with Crippen molar-refractivity contribution in [3.8, 4) is 0 Å². The lowest BCUT2D eigenvalue weighted by molar-refractivity contribution is -0.125. The third kappa shape index (κ3) is 3.87. The Labute approximate surface area is 203 Å². The highest BCUT2D eigenvalue weighted by Crippen LogP contribution is 2.38. The fourth-order valence-electron chi connectivity index (χ4n) is 4.68. The van der Waals surface area contributed by atoms with Crippen molar-refractivity contribution in [2.75, 3.05) is 36.5 Å². The van der Waals surface area contributed by atoms with E-state index in [1.54, 1.807) is 6.20 Å². The van der Waals surface area contributed by atoms with E-state index in [1.807, 2.05) is 61.1 Å². The van der Waals surface area contributed by atoms with Crippen LogP contribution in [0.5, 0.6) is 0 Å². The molecule has 0 spiro atoms. The maximum atomic E-state index is 12.5. The molecule has 5 heterocycles. The lowest BCUT2D eigenvalue weighted by Gasteiger charge is -2.27. The lowest BCUT2D eigenvalue weighted by atomic mass is 9.85. The Balaban J connectivity index is 1.32. The molecule has 2 aliphatic heterocycles. The first-order valence-corrected chi connectivity index (χ1v) is 11.8. The number of morpholine rings is 1. The van der Waals surface area contributed by atoms with E-state index in [1.165, 1.54) is 0 Å². The number of allylic oxidation sites excluding steroid dienone is 4. The summed E-state index contributed by atoms with van der Waals surface area (Å²) in [6, 6.07) is 4.02. The minimum Gasteiger partial charge on any atom is -0.378 e. The highest BCUT2D eigenvalue weighted by molar-refractivity contribution is 5.93. The quantitative estimate of drug-likeness (QED) is 0.604. The van der Waals surface area contributed by atoms with Gasteiger partial charge in [-0.1, -0.05) is 12.2 Å². The van der Waals surface area contributed by atoms with E-state index < -0.39 is 5.41 Å². The Kier molecular flexibility index (Phi) is 5.14. The predicted molar refractivity (Wildman–Crippen MR) is 134 cm³/mol. The van der Waals surface area contributed by atoms with E-state index in [9.17, 15) is 4.79 Å². The number of fused-ring (bicyclic) bond motifs is 1. The zero-order chi connectivity index (χ0) is 24.0. The van der Waals surface area contributed by atoms with Gasteiger partial charge in [0, 0.05) is 37.4 Å². The van der Waals surface area contributed by atoms with Gasteiger partial charge in [-0.2, -0.15) is 0 Å². The molecule has 178 valence electrons. The normalized spacial score (nSPS) is 19.4. The first-order chi connectivity index (χ1) is 17.0. The van der Waals surface area contributed by atoms with Crippen LogP contribution in [0.1, 0.15) is 26.0 Å². The van der Waals surface area contributed by atoms with Gasteiger partial charge in [-0.25, -0.2) is 15.0 Å². The van der Waals surface area contributed by atoms with Gasteiger partial charge in [0.1, 0.15) is 5.82 Å². The van der Waals surface area contributed by atoms with Crippen molar-refractivity contribution < 1.29 is 9.53 Å². The molecule has 1 saturated heterocycles. The molecular formula is C26H27N7O2. The third-order valence-corrected chi connectivity index (χ3v) is 6.77. The van der Waals surface area contributed by atoms with Crippen molar-refractivity contribution in [3.05, 3.63) is 72.1 Å². The number of carbonyl (C=O) groups excluding carboxylic acids is 1. The Morgan fingerprint density at radius 1 is 1.17 bits per heavy atom. The van der Waals surface area contributed by atoms with Crippen molar-refractivity contribution in [2.45, 2.75) is 20.3 Å². The Hall–Kier alpha value is -3.98. The van der Waals surface area contributed by atoms with Gasteiger partial charge < -0.3 is 24.7 Å². The zero-order valence-corrected chi connectivity index (χ0v) is 19.8. The average Bonchev–Trinajstić information content (AvgIpc) is 3.34. The molecule has 6 rings (SSSR count). The second-order valence-corrected chi connectivity index (χ2v) is 9.44. The average molecular weight is 470 g/mol. The molecule has 9 nitrogen and oxygen atoms in total. The smallest absolute Gasteiger partial charge is 0.234 e. The molecule has 0 aromatic carbocycles. The van der Waals surface area contributed by atoms with Crippen molar-refractivity contribution in [1.82, 2.24) is 24.7 Å². The first kappa shape index (κ1) is 21.5. The number of nitrogens with one attached hydrogen (secondary N) is 2. The van der Waals surface area contributed by atoms with Crippen LogP contribution >= 0.6 is 0 Å². The summed E-state index contributed by atoms with van der Waals surface area (Å²) in [5, 5.41) is 6.43. The Bertz CT molecular complexity index is 1390. The minimum absolute atomic E-state index is 0.0121. The van der Waals surface area contributed by atoms with Crippen LogP contribution in [0.2, 0.25) is 0 Å². The van der Waals surface area contributed by atoms with Crippen LogP contribution in [0.15, 0.2) is 66.4 Å². The molecule has 0 saturated carbocycles. The molecule has 3 aromatic rings. The minimum atomic E-state index is -0.549. The summed E-state index contributed by atoms with van der Waals surface area (Å²) >= 11 is 0. The zero-order valence-electron chi connectivity index (χ0n) is 19.8. The number of hydrogen-bond acceptors (Lipinski definition) is 7. The summed E-state index contributed by atoms with van der Waals surface area (Å²) in [6.45, 7) is 7.03. The van der Waals surface area contributed by atoms with E-state index in [0.29, 0.717) is 12.2 Å². The van der Waals surface area contributed by atoms with Crippen LogP contribution in [-0.4, -0.2) is 51.6 Å². The highest BCUT2D eigenvalue weighted by Gasteiger charge is 2.39. The summed E-state index contributed by atoms with van der Waals surface area (Å²) in [4.78, 5) is 28.7. The topological polar surface area (TPSA) is 96.7 Å². The molecular weight excluding hydrogens is 442 g/mol.